The Bertz CT molecular complexity index is 155. The molecule has 3 nitrogen and oxygen atoms in total. The first kappa shape index (κ1) is 12.9. The van der Waals surface area contributed by atoms with Crippen molar-refractivity contribution in [2.75, 3.05) is 46.8 Å². The fourth-order valence-electron chi connectivity index (χ4n) is 2.20. The lowest BCUT2D eigenvalue weighted by Crippen LogP contribution is -2.40. The summed E-state index contributed by atoms with van der Waals surface area (Å²) in [6.07, 6.45) is 4.05. The maximum atomic E-state index is 3.20. The molecule has 15 heavy (non-hydrogen) atoms. The highest BCUT2D eigenvalue weighted by Gasteiger charge is 2.16. The Labute approximate surface area is 94.8 Å². The minimum absolute atomic E-state index is 0.694. The molecule has 1 atom stereocenters. The van der Waals surface area contributed by atoms with Gasteiger partial charge < -0.3 is 15.1 Å². The number of rotatable bonds is 7. The Balaban J connectivity index is 2.11. The van der Waals surface area contributed by atoms with Crippen LogP contribution in [0.3, 0.4) is 0 Å². The first-order chi connectivity index (χ1) is 7.24. The third kappa shape index (κ3) is 4.96. The van der Waals surface area contributed by atoms with Crippen LogP contribution in [0.4, 0.5) is 0 Å². The van der Waals surface area contributed by atoms with Crippen molar-refractivity contribution < 1.29 is 0 Å². The third-order valence-corrected chi connectivity index (χ3v) is 3.41. The number of likely N-dealkylation sites (tertiary alicyclic amines) is 1. The molecule has 0 aromatic heterocycles. The van der Waals surface area contributed by atoms with Gasteiger partial charge in [-0.15, -0.1) is 0 Å². The minimum Gasteiger partial charge on any atom is -0.320 e. The van der Waals surface area contributed by atoms with Crippen molar-refractivity contribution in [2.45, 2.75) is 32.2 Å². The van der Waals surface area contributed by atoms with Crippen LogP contribution in [-0.2, 0) is 0 Å². The number of nitrogens with one attached hydrogen (secondary N) is 1. The van der Waals surface area contributed by atoms with E-state index in [0.29, 0.717) is 6.04 Å². The molecule has 0 aromatic carbocycles. The van der Waals surface area contributed by atoms with Gasteiger partial charge in [-0.05, 0) is 66.5 Å². The summed E-state index contributed by atoms with van der Waals surface area (Å²) in [4.78, 5) is 5.08. The monoisotopic (exact) mass is 213 g/mol. The van der Waals surface area contributed by atoms with E-state index in [9.17, 15) is 0 Å². The van der Waals surface area contributed by atoms with Crippen molar-refractivity contribution in [1.82, 2.24) is 15.1 Å². The van der Waals surface area contributed by atoms with Crippen LogP contribution >= 0.6 is 0 Å². The molecule has 0 spiro atoms. The van der Waals surface area contributed by atoms with Gasteiger partial charge in [-0.3, -0.25) is 0 Å². The Morgan fingerprint density at radius 1 is 1.33 bits per heavy atom. The van der Waals surface area contributed by atoms with Crippen molar-refractivity contribution in [3.8, 4) is 0 Å². The first-order valence-electron chi connectivity index (χ1n) is 6.31. The largest absolute Gasteiger partial charge is 0.320 e. The average Bonchev–Trinajstić information content (AvgIpc) is 2.70. The van der Waals surface area contributed by atoms with Crippen LogP contribution in [0, 0.1) is 0 Å². The van der Waals surface area contributed by atoms with Gasteiger partial charge in [-0.25, -0.2) is 0 Å². The van der Waals surface area contributed by atoms with Crippen LogP contribution in [-0.4, -0.2) is 62.7 Å². The smallest absolute Gasteiger partial charge is 0.0191 e. The summed E-state index contributed by atoms with van der Waals surface area (Å²) in [7, 11) is 4.27. The molecule has 1 N–H and O–H groups in total. The van der Waals surface area contributed by atoms with E-state index in [4.69, 9.17) is 0 Å². The van der Waals surface area contributed by atoms with E-state index >= 15 is 0 Å². The summed E-state index contributed by atoms with van der Waals surface area (Å²) in [5, 5.41) is 3.20. The molecule has 1 rings (SSSR count). The molecule has 0 radical (unpaired) electrons. The van der Waals surface area contributed by atoms with Crippen LogP contribution in [0.5, 0.6) is 0 Å². The van der Waals surface area contributed by atoms with Crippen LogP contribution in [0.1, 0.15) is 26.2 Å². The summed E-state index contributed by atoms with van der Waals surface area (Å²) in [5.41, 5.74) is 0. The Hall–Kier alpha value is -0.120. The van der Waals surface area contributed by atoms with E-state index in [1.807, 2.05) is 7.05 Å². The Kier molecular flexibility index (Phi) is 6.22. The highest BCUT2D eigenvalue weighted by atomic mass is 15.2. The molecular weight excluding hydrogens is 186 g/mol. The lowest BCUT2D eigenvalue weighted by molar-refractivity contribution is 0.191. The van der Waals surface area contributed by atoms with Crippen LogP contribution in [0.2, 0.25) is 0 Å². The molecule has 1 aliphatic rings. The van der Waals surface area contributed by atoms with Gasteiger partial charge in [0.15, 0.2) is 0 Å². The van der Waals surface area contributed by atoms with Gasteiger partial charge >= 0.3 is 0 Å². The normalized spacial score (nSPS) is 20.0. The van der Waals surface area contributed by atoms with E-state index in [0.717, 1.165) is 6.54 Å². The van der Waals surface area contributed by atoms with Crippen molar-refractivity contribution >= 4 is 0 Å². The van der Waals surface area contributed by atoms with E-state index < -0.39 is 0 Å². The number of likely N-dealkylation sites (N-methyl/N-ethyl adjacent to an activating group) is 1. The van der Waals surface area contributed by atoms with E-state index in [1.165, 1.54) is 45.4 Å². The molecule has 0 saturated carbocycles. The Morgan fingerprint density at radius 2 is 2.00 bits per heavy atom. The molecule has 1 saturated heterocycles. The second-order valence-corrected chi connectivity index (χ2v) is 4.79. The maximum absolute atomic E-state index is 3.20. The van der Waals surface area contributed by atoms with Crippen LogP contribution < -0.4 is 5.32 Å². The summed E-state index contributed by atoms with van der Waals surface area (Å²) < 4.78 is 0. The summed E-state index contributed by atoms with van der Waals surface area (Å²) in [6, 6.07) is 0.694. The van der Waals surface area contributed by atoms with Gasteiger partial charge in [0.25, 0.3) is 0 Å². The Morgan fingerprint density at radius 3 is 2.60 bits per heavy atom. The lowest BCUT2D eigenvalue weighted by Gasteiger charge is -2.28. The second-order valence-electron chi connectivity index (χ2n) is 4.79. The van der Waals surface area contributed by atoms with Crippen molar-refractivity contribution in [3.63, 3.8) is 0 Å². The zero-order valence-electron chi connectivity index (χ0n) is 10.6. The second kappa shape index (κ2) is 7.20. The number of hydrogen-bond acceptors (Lipinski definition) is 3. The molecule has 90 valence electrons. The van der Waals surface area contributed by atoms with Gasteiger partial charge in [-0.2, -0.15) is 0 Å². The SMILES string of the molecule is CNCCCN(C)C(C)CN1CCCC1. The molecule has 0 aromatic rings. The van der Waals surface area contributed by atoms with Crippen molar-refractivity contribution in [3.05, 3.63) is 0 Å². The molecule has 0 bridgehead atoms. The molecule has 3 heteroatoms. The standard InChI is InChI=1S/C12H27N3/c1-12(11-15-9-4-5-10-15)14(3)8-6-7-13-2/h12-13H,4-11H2,1-3H3. The van der Waals surface area contributed by atoms with E-state index in [-0.39, 0.29) is 0 Å². The first-order valence-corrected chi connectivity index (χ1v) is 6.31. The molecule has 0 amide bonds. The molecule has 1 heterocycles. The van der Waals surface area contributed by atoms with Gasteiger partial charge in [0.2, 0.25) is 0 Å². The van der Waals surface area contributed by atoms with Crippen LogP contribution in [0.15, 0.2) is 0 Å². The van der Waals surface area contributed by atoms with Crippen molar-refractivity contribution in [1.29, 1.82) is 0 Å². The quantitative estimate of drug-likeness (QED) is 0.637. The van der Waals surface area contributed by atoms with E-state index in [2.05, 4.69) is 29.1 Å². The summed E-state index contributed by atoms with van der Waals surface area (Å²) in [6.45, 7) is 8.55. The highest BCUT2D eigenvalue weighted by molar-refractivity contribution is 4.73. The minimum atomic E-state index is 0.694. The molecular formula is C12H27N3. The number of hydrogen-bond donors (Lipinski definition) is 1. The molecule has 1 aliphatic heterocycles. The zero-order chi connectivity index (χ0) is 11.1. The number of nitrogens with zero attached hydrogens (tertiary/aromatic N) is 2. The van der Waals surface area contributed by atoms with Crippen molar-refractivity contribution in [2.24, 2.45) is 0 Å². The van der Waals surface area contributed by atoms with Crippen LogP contribution in [0.25, 0.3) is 0 Å². The topological polar surface area (TPSA) is 18.5 Å². The predicted octanol–water partition coefficient (Wildman–Crippen LogP) is 1.01. The van der Waals surface area contributed by atoms with Gasteiger partial charge in [-0.1, -0.05) is 0 Å². The van der Waals surface area contributed by atoms with E-state index in [1.54, 1.807) is 0 Å². The lowest BCUT2D eigenvalue weighted by atomic mass is 10.2. The molecule has 1 unspecified atom stereocenters. The third-order valence-electron chi connectivity index (χ3n) is 3.41. The van der Waals surface area contributed by atoms with Gasteiger partial charge in [0.05, 0.1) is 0 Å². The zero-order valence-corrected chi connectivity index (χ0v) is 10.6. The fraction of sp³-hybridized carbons (Fsp3) is 1.00. The van der Waals surface area contributed by atoms with Gasteiger partial charge in [0.1, 0.15) is 0 Å². The van der Waals surface area contributed by atoms with Gasteiger partial charge in [0, 0.05) is 12.6 Å². The molecule has 1 fully saturated rings. The molecule has 0 aliphatic carbocycles. The maximum Gasteiger partial charge on any atom is 0.0191 e. The highest BCUT2D eigenvalue weighted by Crippen LogP contribution is 2.09. The predicted molar refractivity (Wildman–Crippen MR) is 66.3 cm³/mol. The fourth-order valence-corrected chi connectivity index (χ4v) is 2.20. The summed E-state index contributed by atoms with van der Waals surface area (Å²) in [5.74, 6) is 0. The summed E-state index contributed by atoms with van der Waals surface area (Å²) >= 11 is 0. The average molecular weight is 213 g/mol.